The third-order valence-electron chi connectivity index (χ3n) is 6.65. The lowest BCUT2D eigenvalue weighted by atomic mass is 9.81. The molecule has 3 aromatic carbocycles. The molecule has 0 fully saturated rings. The number of nitrogens with two attached hydrogens (primary N) is 1. The standard InChI is InChI=1S/C29H30N2O5/c1-16(2)36-26-11-19-15-35-24-9-8-21(29(30)33)27(28(24)22(19)12-25(26)34-3)18(14-32)10-17-13-31-23-7-5-4-6-20(17)23/h4-9,11-13,16,18,31-32H,10,14-15H2,1-3H3,(H2,30,33)/t18-/m0/s1. The quantitative estimate of drug-likeness (QED) is 0.327. The Hall–Kier alpha value is -3.97. The first-order valence-corrected chi connectivity index (χ1v) is 12.0. The highest BCUT2D eigenvalue weighted by atomic mass is 16.5. The molecule has 0 bridgehead atoms. The molecule has 1 amide bonds. The van der Waals surface area contributed by atoms with Gasteiger partial charge in [-0.15, -0.1) is 0 Å². The highest BCUT2D eigenvalue weighted by Gasteiger charge is 2.30. The predicted octanol–water partition coefficient (Wildman–Crippen LogP) is 4.94. The third-order valence-corrected chi connectivity index (χ3v) is 6.65. The van der Waals surface area contributed by atoms with E-state index in [1.54, 1.807) is 19.2 Å². The van der Waals surface area contributed by atoms with E-state index in [0.717, 1.165) is 33.2 Å². The van der Waals surface area contributed by atoms with Crippen LogP contribution in [0.2, 0.25) is 0 Å². The Morgan fingerprint density at radius 3 is 2.69 bits per heavy atom. The van der Waals surface area contributed by atoms with Gasteiger partial charge in [0, 0.05) is 39.7 Å². The number of aromatic nitrogens is 1. The number of aliphatic hydroxyl groups is 1. The molecule has 5 rings (SSSR count). The molecule has 4 aromatic rings. The van der Waals surface area contributed by atoms with Crippen molar-refractivity contribution in [2.75, 3.05) is 13.7 Å². The van der Waals surface area contributed by atoms with Gasteiger partial charge in [-0.3, -0.25) is 4.79 Å². The van der Waals surface area contributed by atoms with Crippen LogP contribution in [0.1, 0.15) is 46.8 Å². The number of amides is 1. The lowest BCUT2D eigenvalue weighted by Crippen LogP contribution is -2.21. The van der Waals surface area contributed by atoms with E-state index in [4.69, 9.17) is 19.9 Å². The Morgan fingerprint density at radius 1 is 1.17 bits per heavy atom. The summed E-state index contributed by atoms with van der Waals surface area (Å²) in [6.07, 6.45) is 2.44. The number of ether oxygens (including phenoxy) is 3. The zero-order valence-electron chi connectivity index (χ0n) is 20.6. The molecule has 0 unspecified atom stereocenters. The number of fused-ring (bicyclic) bond motifs is 4. The summed E-state index contributed by atoms with van der Waals surface area (Å²) in [4.78, 5) is 15.9. The van der Waals surface area contributed by atoms with Gasteiger partial charge in [-0.05, 0) is 67.3 Å². The molecule has 186 valence electrons. The smallest absolute Gasteiger partial charge is 0.249 e. The SMILES string of the molecule is COc1cc2c(cc1OC(C)C)COc1ccc(C(N)=O)c([C@H](CO)Cc3c[nH]c4ccccc34)c1-2. The van der Waals surface area contributed by atoms with Gasteiger partial charge in [-0.1, -0.05) is 18.2 Å². The maximum absolute atomic E-state index is 12.6. The van der Waals surface area contributed by atoms with Crippen LogP contribution >= 0.6 is 0 Å². The van der Waals surface area contributed by atoms with Gasteiger partial charge in [0.1, 0.15) is 12.4 Å². The lowest BCUT2D eigenvalue weighted by molar-refractivity contribution is 0.0998. The summed E-state index contributed by atoms with van der Waals surface area (Å²) < 4.78 is 17.7. The number of benzene rings is 3. The zero-order chi connectivity index (χ0) is 25.4. The van der Waals surface area contributed by atoms with Gasteiger partial charge < -0.3 is 30.0 Å². The number of carbonyl (C=O) groups is 1. The number of nitrogens with one attached hydrogen (secondary N) is 1. The van der Waals surface area contributed by atoms with E-state index in [1.165, 1.54) is 0 Å². The molecule has 1 aliphatic heterocycles. The molecule has 7 heteroatoms. The number of hydrogen-bond acceptors (Lipinski definition) is 5. The number of para-hydroxylation sites is 1. The molecule has 4 N–H and O–H groups in total. The van der Waals surface area contributed by atoms with Gasteiger partial charge in [0.25, 0.3) is 0 Å². The summed E-state index contributed by atoms with van der Waals surface area (Å²) in [5.74, 6) is 0.906. The second kappa shape index (κ2) is 9.59. The molecular weight excluding hydrogens is 456 g/mol. The van der Waals surface area contributed by atoms with Gasteiger partial charge in [-0.2, -0.15) is 0 Å². The normalized spacial score (nSPS) is 13.1. The number of aliphatic hydroxyl groups excluding tert-OH is 1. The van der Waals surface area contributed by atoms with Crippen molar-refractivity contribution in [3.8, 4) is 28.4 Å². The first-order chi connectivity index (χ1) is 17.4. The predicted molar refractivity (Wildman–Crippen MR) is 139 cm³/mol. The fourth-order valence-corrected chi connectivity index (χ4v) is 5.08. The Bertz CT molecular complexity index is 1440. The van der Waals surface area contributed by atoms with E-state index < -0.39 is 11.8 Å². The van der Waals surface area contributed by atoms with Crippen LogP contribution in [-0.4, -0.2) is 35.8 Å². The average molecular weight is 487 g/mol. The average Bonchev–Trinajstić information content (AvgIpc) is 3.28. The number of aromatic amines is 1. The Morgan fingerprint density at radius 2 is 1.97 bits per heavy atom. The highest BCUT2D eigenvalue weighted by Crippen LogP contribution is 2.48. The minimum atomic E-state index is -0.552. The van der Waals surface area contributed by atoms with E-state index in [2.05, 4.69) is 4.98 Å². The van der Waals surface area contributed by atoms with Crippen molar-refractivity contribution >= 4 is 16.8 Å². The summed E-state index contributed by atoms with van der Waals surface area (Å²) in [6, 6.07) is 15.3. The summed E-state index contributed by atoms with van der Waals surface area (Å²) in [6.45, 7) is 4.09. The Kier molecular flexibility index (Phi) is 6.33. The Balaban J connectivity index is 1.69. The van der Waals surface area contributed by atoms with E-state index in [9.17, 15) is 9.90 Å². The summed E-state index contributed by atoms with van der Waals surface area (Å²) >= 11 is 0. The van der Waals surface area contributed by atoms with Gasteiger partial charge in [0.05, 0.1) is 19.8 Å². The molecule has 1 aliphatic rings. The molecule has 36 heavy (non-hydrogen) atoms. The van der Waals surface area contributed by atoms with Crippen LogP contribution < -0.4 is 19.9 Å². The van der Waals surface area contributed by atoms with Crippen LogP contribution in [-0.2, 0) is 13.0 Å². The van der Waals surface area contributed by atoms with E-state index in [1.807, 2.05) is 56.4 Å². The molecule has 7 nitrogen and oxygen atoms in total. The summed E-state index contributed by atoms with van der Waals surface area (Å²) in [5.41, 5.74) is 11.5. The van der Waals surface area contributed by atoms with Crippen molar-refractivity contribution in [3.63, 3.8) is 0 Å². The van der Waals surface area contributed by atoms with Crippen molar-refractivity contribution in [1.29, 1.82) is 0 Å². The molecule has 0 radical (unpaired) electrons. The lowest BCUT2D eigenvalue weighted by Gasteiger charge is -2.29. The third kappa shape index (κ3) is 4.16. The number of H-pyrrole nitrogens is 1. The molecule has 2 heterocycles. The number of methoxy groups -OCH3 is 1. The Labute approximate surface area is 209 Å². The maximum atomic E-state index is 12.6. The van der Waals surface area contributed by atoms with E-state index in [0.29, 0.717) is 41.4 Å². The second-order valence-corrected chi connectivity index (χ2v) is 9.32. The number of rotatable bonds is 8. The number of hydrogen-bond donors (Lipinski definition) is 3. The van der Waals surface area contributed by atoms with Gasteiger partial charge in [0.2, 0.25) is 5.91 Å². The molecule has 0 aliphatic carbocycles. The monoisotopic (exact) mass is 486 g/mol. The molecule has 1 aromatic heterocycles. The molecule has 0 spiro atoms. The van der Waals surface area contributed by atoms with Crippen molar-refractivity contribution in [2.45, 2.75) is 38.9 Å². The molecule has 0 saturated carbocycles. The van der Waals surface area contributed by atoms with E-state index in [-0.39, 0.29) is 12.7 Å². The first-order valence-electron chi connectivity index (χ1n) is 12.0. The molecule has 1 atom stereocenters. The fraction of sp³-hybridized carbons (Fsp3) is 0.276. The van der Waals surface area contributed by atoms with E-state index >= 15 is 0 Å². The maximum Gasteiger partial charge on any atom is 0.249 e. The highest BCUT2D eigenvalue weighted by molar-refractivity contribution is 5.98. The van der Waals surface area contributed by atoms with Crippen LogP contribution in [0.3, 0.4) is 0 Å². The fourth-order valence-electron chi connectivity index (χ4n) is 5.08. The van der Waals surface area contributed by atoms with Crippen LogP contribution in [0.5, 0.6) is 17.2 Å². The van der Waals surface area contributed by atoms with Gasteiger partial charge >= 0.3 is 0 Å². The summed E-state index contributed by atoms with van der Waals surface area (Å²) in [5, 5.41) is 11.7. The minimum Gasteiger partial charge on any atom is -0.493 e. The molecule has 0 saturated heterocycles. The summed E-state index contributed by atoms with van der Waals surface area (Å²) in [7, 11) is 1.60. The van der Waals surface area contributed by atoms with Crippen molar-refractivity contribution < 1.29 is 24.1 Å². The van der Waals surface area contributed by atoms with Crippen LogP contribution in [0.25, 0.3) is 22.0 Å². The topological polar surface area (TPSA) is 107 Å². The number of carbonyl (C=O) groups excluding carboxylic acids is 1. The zero-order valence-corrected chi connectivity index (χ0v) is 20.6. The molecular formula is C29H30N2O5. The van der Waals surface area contributed by atoms with Crippen molar-refractivity contribution in [2.24, 2.45) is 5.73 Å². The first kappa shape index (κ1) is 23.8. The van der Waals surface area contributed by atoms with Gasteiger partial charge in [0.15, 0.2) is 11.5 Å². The number of primary amides is 1. The van der Waals surface area contributed by atoms with Crippen LogP contribution in [0, 0.1) is 0 Å². The van der Waals surface area contributed by atoms with Gasteiger partial charge in [-0.25, -0.2) is 0 Å². The minimum absolute atomic E-state index is 0.0271. The van der Waals surface area contributed by atoms with Crippen LogP contribution in [0.4, 0.5) is 0 Å². The second-order valence-electron chi connectivity index (χ2n) is 9.32. The van der Waals surface area contributed by atoms with Crippen molar-refractivity contribution in [1.82, 2.24) is 4.98 Å². The van der Waals surface area contributed by atoms with Crippen molar-refractivity contribution in [3.05, 3.63) is 77.0 Å². The van der Waals surface area contributed by atoms with Crippen LogP contribution in [0.15, 0.2) is 54.7 Å². The largest absolute Gasteiger partial charge is 0.493 e.